The maximum Gasteiger partial charge on any atom is 0.434 e. The minimum absolute atomic E-state index is 0. The van der Waals surface area contributed by atoms with Crippen molar-refractivity contribution in [1.29, 1.82) is 0 Å². The Kier molecular flexibility index (Phi) is 8.86. The predicted octanol–water partition coefficient (Wildman–Crippen LogP) is 4.48. The van der Waals surface area contributed by atoms with Gasteiger partial charge in [-0.1, -0.05) is 0 Å². The number of rotatable bonds is 5. The van der Waals surface area contributed by atoms with Crippen LogP contribution in [0.5, 0.6) is 0 Å². The van der Waals surface area contributed by atoms with Crippen molar-refractivity contribution in [3.63, 3.8) is 0 Å². The Balaban J connectivity index is 0.00000338. The standard InChI is InChI=1S/C15H19BrF3N5S.HI/c1-4-20-14(24(3)8-11-5-10(16)7-23(11)2)21-6-13-22-12(9-25-13)15(17,18)19;/h5,7,9H,4,6,8H2,1-3H3,(H,20,21);1H. The van der Waals surface area contributed by atoms with Gasteiger partial charge in [0.1, 0.15) is 5.01 Å². The maximum atomic E-state index is 12.6. The van der Waals surface area contributed by atoms with Gasteiger partial charge in [-0.25, -0.2) is 9.98 Å². The van der Waals surface area contributed by atoms with Crippen molar-refractivity contribution in [2.75, 3.05) is 13.6 Å². The molecule has 0 bridgehead atoms. The number of halogens is 5. The Morgan fingerprint density at radius 2 is 2.15 bits per heavy atom. The van der Waals surface area contributed by atoms with Crippen molar-refractivity contribution in [2.45, 2.75) is 26.2 Å². The number of thiazole rings is 1. The van der Waals surface area contributed by atoms with Gasteiger partial charge in [-0.2, -0.15) is 13.2 Å². The average Bonchev–Trinajstić information content (AvgIpc) is 3.10. The third-order valence-electron chi connectivity index (χ3n) is 3.38. The summed E-state index contributed by atoms with van der Waals surface area (Å²) in [4.78, 5) is 9.93. The molecule has 26 heavy (non-hydrogen) atoms. The second-order valence-corrected chi connectivity index (χ2v) is 7.27. The number of nitrogens with zero attached hydrogens (tertiary/aromatic N) is 4. The van der Waals surface area contributed by atoms with Crippen molar-refractivity contribution in [3.8, 4) is 0 Å². The van der Waals surface area contributed by atoms with Crippen LogP contribution < -0.4 is 5.32 Å². The Bertz CT molecular complexity index is 744. The van der Waals surface area contributed by atoms with Crippen LogP contribution in [-0.4, -0.2) is 34.0 Å². The number of aliphatic imine (C=N–C) groups is 1. The highest BCUT2D eigenvalue weighted by atomic mass is 127. The van der Waals surface area contributed by atoms with Gasteiger partial charge in [0.15, 0.2) is 11.7 Å². The molecule has 2 aromatic rings. The van der Waals surface area contributed by atoms with Crippen LogP contribution in [0.3, 0.4) is 0 Å². The average molecular weight is 566 g/mol. The van der Waals surface area contributed by atoms with E-state index in [1.54, 1.807) is 0 Å². The highest BCUT2D eigenvalue weighted by Gasteiger charge is 2.33. The molecule has 0 amide bonds. The molecule has 0 atom stereocenters. The molecule has 0 saturated heterocycles. The number of hydrogen-bond donors (Lipinski definition) is 1. The zero-order valence-corrected chi connectivity index (χ0v) is 19.2. The minimum Gasteiger partial charge on any atom is -0.357 e. The van der Waals surface area contributed by atoms with Crippen LogP contribution in [0, 0.1) is 0 Å². The summed E-state index contributed by atoms with van der Waals surface area (Å²) in [6.07, 6.45) is -2.46. The third-order valence-corrected chi connectivity index (χ3v) is 4.64. The van der Waals surface area contributed by atoms with Gasteiger partial charge < -0.3 is 14.8 Å². The van der Waals surface area contributed by atoms with E-state index in [1.165, 1.54) is 0 Å². The van der Waals surface area contributed by atoms with E-state index >= 15 is 0 Å². The predicted molar refractivity (Wildman–Crippen MR) is 112 cm³/mol. The van der Waals surface area contributed by atoms with E-state index in [9.17, 15) is 13.2 Å². The summed E-state index contributed by atoms with van der Waals surface area (Å²) in [6.45, 7) is 3.31. The SMILES string of the molecule is CCNC(=NCc1nc(C(F)(F)F)cs1)N(C)Cc1cc(Br)cn1C.I. The molecule has 0 saturated carbocycles. The summed E-state index contributed by atoms with van der Waals surface area (Å²) in [5.41, 5.74) is 0.211. The number of alkyl halides is 3. The molecule has 2 aromatic heterocycles. The summed E-state index contributed by atoms with van der Waals surface area (Å²) in [6, 6.07) is 2.01. The van der Waals surface area contributed by atoms with Gasteiger partial charge in [0.05, 0.1) is 13.1 Å². The van der Waals surface area contributed by atoms with Crippen LogP contribution in [0.25, 0.3) is 0 Å². The molecule has 2 rings (SSSR count). The number of aromatic nitrogens is 2. The van der Waals surface area contributed by atoms with Gasteiger partial charge in [0.2, 0.25) is 0 Å². The van der Waals surface area contributed by atoms with E-state index in [-0.39, 0.29) is 30.5 Å². The van der Waals surface area contributed by atoms with Crippen molar-refractivity contribution in [1.82, 2.24) is 19.8 Å². The van der Waals surface area contributed by atoms with Crippen LogP contribution in [0.15, 0.2) is 27.1 Å². The number of guanidine groups is 1. The minimum atomic E-state index is -4.42. The fourth-order valence-electron chi connectivity index (χ4n) is 2.17. The maximum absolute atomic E-state index is 12.6. The lowest BCUT2D eigenvalue weighted by Gasteiger charge is -2.22. The molecule has 0 aliphatic rings. The first-order valence-corrected chi connectivity index (χ1v) is 9.19. The first kappa shape index (κ1) is 23.2. The fraction of sp³-hybridized carbons (Fsp3) is 0.467. The molecule has 5 nitrogen and oxygen atoms in total. The van der Waals surface area contributed by atoms with Crippen LogP contribution in [0.1, 0.15) is 23.3 Å². The Labute approximate surface area is 179 Å². The first-order valence-electron chi connectivity index (χ1n) is 7.52. The van der Waals surface area contributed by atoms with E-state index in [4.69, 9.17) is 0 Å². The molecule has 0 aliphatic heterocycles. The second-order valence-electron chi connectivity index (χ2n) is 5.41. The summed E-state index contributed by atoms with van der Waals surface area (Å²) in [7, 11) is 3.83. The number of nitrogens with one attached hydrogen (secondary N) is 1. The van der Waals surface area contributed by atoms with Gasteiger partial charge in [-0.3, -0.25) is 0 Å². The third kappa shape index (κ3) is 6.41. The molecule has 0 fully saturated rings. The quantitative estimate of drug-likeness (QED) is 0.330. The largest absolute Gasteiger partial charge is 0.434 e. The van der Waals surface area contributed by atoms with Crippen molar-refractivity contribution in [3.05, 3.63) is 38.5 Å². The van der Waals surface area contributed by atoms with Gasteiger partial charge in [-0.15, -0.1) is 35.3 Å². The van der Waals surface area contributed by atoms with E-state index in [0.717, 1.165) is 26.9 Å². The molecule has 2 heterocycles. The van der Waals surface area contributed by atoms with Gasteiger partial charge in [-0.05, 0) is 28.9 Å². The normalized spacial score (nSPS) is 12.0. The second kappa shape index (κ2) is 9.93. The summed E-state index contributed by atoms with van der Waals surface area (Å²) < 4.78 is 40.8. The molecular formula is C15H20BrF3IN5S. The molecule has 0 unspecified atom stereocenters. The van der Waals surface area contributed by atoms with Crippen LogP contribution >= 0.6 is 51.2 Å². The van der Waals surface area contributed by atoms with E-state index < -0.39 is 11.9 Å². The monoisotopic (exact) mass is 565 g/mol. The molecular weight excluding hydrogens is 546 g/mol. The van der Waals surface area contributed by atoms with E-state index in [1.807, 2.05) is 42.7 Å². The lowest BCUT2D eigenvalue weighted by molar-refractivity contribution is -0.140. The fourth-order valence-corrected chi connectivity index (χ4v) is 3.46. The molecule has 1 N–H and O–H groups in total. The highest BCUT2D eigenvalue weighted by molar-refractivity contribution is 14.0. The van der Waals surface area contributed by atoms with Crippen LogP contribution in [0.2, 0.25) is 0 Å². The van der Waals surface area contributed by atoms with Crippen LogP contribution in [0.4, 0.5) is 13.2 Å². The van der Waals surface area contributed by atoms with Crippen molar-refractivity contribution >= 4 is 57.2 Å². The lowest BCUT2D eigenvalue weighted by Crippen LogP contribution is -2.38. The summed E-state index contributed by atoms with van der Waals surface area (Å²) in [5, 5.41) is 4.49. The number of aryl methyl sites for hydroxylation is 1. The molecule has 11 heteroatoms. The van der Waals surface area contributed by atoms with E-state index in [0.29, 0.717) is 24.1 Å². The van der Waals surface area contributed by atoms with E-state index in [2.05, 4.69) is 31.2 Å². The Hall–Kier alpha value is -0.820. The molecule has 0 aliphatic carbocycles. The zero-order chi connectivity index (χ0) is 18.6. The van der Waals surface area contributed by atoms with Gasteiger partial charge in [0, 0.05) is 42.4 Å². The van der Waals surface area contributed by atoms with Gasteiger partial charge in [0.25, 0.3) is 0 Å². The Morgan fingerprint density at radius 3 is 2.65 bits per heavy atom. The summed E-state index contributed by atoms with van der Waals surface area (Å²) >= 11 is 4.40. The van der Waals surface area contributed by atoms with Gasteiger partial charge >= 0.3 is 6.18 Å². The molecule has 0 radical (unpaired) electrons. The summed E-state index contributed by atoms with van der Waals surface area (Å²) in [5.74, 6) is 0.614. The molecule has 0 aromatic carbocycles. The van der Waals surface area contributed by atoms with Crippen LogP contribution in [-0.2, 0) is 26.3 Å². The molecule has 146 valence electrons. The highest BCUT2D eigenvalue weighted by Crippen LogP contribution is 2.30. The smallest absolute Gasteiger partial charge is 0.357 e. The number of hydrogen-bond acceptors (Lipinski definition) is 3. The zero-order valence-electron chi connectivity index (χ0n) is 14.5. The first-order chi connectivity index (χ1) is 11.7. The lowest BCUT2D eigenvalue weighted by atomic mass is 10.4. The Morgan fingerprint density at radius 1 is 1.46 bits per heavy atom. The van der Waals surface area contributed by atoms with Crippen molar-refractivity contribution < 1.29 is 13.2 Å². The molecule has 0 spiro atoms. The topological polar surface area (TPSA) is 45.5 Å². The van der Waals surface area contributed by atoms with Crippen molar-refractivity contribution in [2.24, 2.45) is 12.0 Å².